The molecule has 1 unspecified atom stereocenters. The van der Waals surface area contributed by atoms with E-state index in [-0.39, 0.29) is 5.92 Å². The van der Waals surface area contributed by atoms with Crippen molar-refractivity contribution in [3.8, 4) is 11.3 Å². The fourth-order valence-corrected chi connectivity index (χ4v) is 5.94. The molecule has 0 radical (unpaired) electrons. The van der Waals surface area contributed by atoms with Crippen LogP contribution in [0.1, 0.15) is 26.7 Å². The van der Waals surface area contributed by atoms with Gasteiger partial charge < -0.3 is 0 Å². The third-order valence-electron chi connectivity index (χ3n) is 4.45. The maximum atomic E-state index is 9.06. The summed E-state index contributed by atoms with van der Waals surface area (Å²) < 4.78 is 19.3. The molecule has 0 aliphatic carbocycles. The molecule has 25 heavy (non-hydrogen) atoms. The van der Waals surface area contributed by atoms with Crippen LogP contribution in [0.5, 0.6) is 0 Å². The van der Waals surface area contributed by atoms with Gasteiger partial charge in [-0.3, -0.25) is 0 Å². The standard InChI is InChI=1S/C23H27GeN/c1-18(19-11-7-5-8-12-19)15-21-16-23(20-13-9-6-10-14-20)25-17-22(21)24(2,3)4/h5-14,16-18H,15H2,1-4H3/i15D2. The maximum absolute atomic E-state index is 9.06. The van der Waals surface area contributed by atoms with Gasteiger partial charge in [0.15, 0.2) is 0 Å². The SMILES string of the molecule is [2H]C([2H])(c1cc(-c2ccccc2)nc[c]1[Ge]([CH3])([CH3])[CH3])C(C)c1ccccc1. The van der Waals surface area contributed by atoms with Crippen molar-refractivity contribution in [3.63, 3.8) is 0 Å². The predicted octanol–water partition coefficient (Wildman–Crippen LogP) is 5.64. The van der Waals surface area contributed by atoms with Gasteiger partial charge in [0.1, 0.15) is 0 Å². The van der Waals surface area contributed by atoms with Gasteiger partial charge in [-0.1, -0.05) is 0 Å². The van der Waals surface area contributed by atoms with Gasteiger partial charge in [-0.15, -0.1) is 0 Å². The zero-order chi connectivity index (χ0) is 19.7. The molecule has 0 aliphatic rings. The first-order valence-corrected chi connectivity index (χ1v) is 16.2. The monoisotopic (exact) mass is 393 g/mol. The number of nitrogens with zero attached hydrogens (tertiary/aromatic N) is 1. The summed E-state index contributed by atoms with van der Waals surface area (Å²) in [5.74, 6) is 6.65. The van der Waals surface area contributed by atoms with E-state index in [4.69, 9.17) is 7.73 Å². The molecule has 3 aromatic rings. The molecule has 0 aliphatic heterocycles. The number of rotatable bonds is 5. The second kappa shape index (κ2) is 7.57. The first-order chi connectivity index (χ1) is 12.7. The van der Waals surface area contributed by atoms with Crippen LogP contribution in [0.25, 0.3) is 11.3 Å². The molecule has 1 atom stereocenters. The van der Waals surface area contributed by atoms with Crippen LogP contribution in [-0.4, -0.2) is 18.3 Å². The topological polar surface area (TPSA) is 12.9 Å². The molecule has 2 aromatic carbocycles. The summed E-state index contributed by atoms with van der Waals surface area (Å²) in [5, 5.41) is 0. The Bertz CT molecular complexity index is 903. The third kappa shape index (κ3) is 4.40. The van der Waals surface area contributed by atoms with Gasteiger partial charge in [0.05, 0.1) is 0 Å². The second-order valence-corrected chi connectivity index (χ2v) is 18.1. The van der Waals surface area contributed by atoms with Gasteiger partial charge in [-0.05, 0) is 0 Å². The van der Waals surface area contributed by atoms with Crippen LogP contribution in [0.15, 0.2) is 72.9 Å². The molecule has 128 valence electrons. The third-order valence-corrected chi connectivity index (χ3v) is 8.68. The number of pyridine rings is 1. The average Bonchev–Trinajstić information content (AvgIpc) is 2.67. The molecule has 3 rings (SSSR count). The number of benzene rings is 2. The average molecular weight is 392 g/mol. The Morgan fingerprint density at radius 2 is 1.56 bits per heavy atom. The van der Waals surface area contributed by atoms with E-state index in [1.165, 1.54) is 0 Å². The van der Waals surface area contributed by atoms with Crippen LogP contribution in [0.3, 0.4) is 0 Å². The molecule has 2 heteroatoms. The number of hydrogen-bond donors (Lipinski definition) is 0. The molecule has 0 amide bonds. The first-order valence-electron chi connectivity index (χ1n) is 9.82. The molecule has 0 saturated carbocycles. The summed E-state index contributed by atoms with van der Waals surface area (Å²) in [4.78, 5) is 4.70. The van der Waals surface area contributed by atoms with Gasteiger partial charge in [-0.2, -0.15) is 0 Å². The molecule has 0 saturated heterocycles. The normalized spacial score (nSPS) is 14.6. The van der Waals surface area contributed by atoms with Gasteiger partial charge in [0.25, 0.3) is 0 Å². The zero-order valence-electron chi connectivity index (χ0n) is 17.5. The molecule has 1 nitrogen and oxygen atoms in total. The minimum absolute atomic E-state index is 0.242. The van der Waals surface area contributed by atoms with E-state index in [2.05, 4.69) is 17.3 Å². The van der Waals surface area contributed by atoms with Crippen molar-refractivity contribution in [2.24, 2.45) is 0 Å². The Hall–Kier alpha value is -1.87. The quantitative estimate of drug-likeness (QED) is 0.513. The molecule has 0 fully saturated rings. The molecular weight excluding hydrogens is 363 g/mol. The Labute approximate surface area is 157 Å². The summed E-state index contributed by atoms with van der Waals surface area (Å²) in [6.07, 6.45) is 0.467. The van der Waals surface area contributed by atoms with Crippen molar-refractivity contribution in [1.29, 1.82) is 0 Å². The van der Waals surface area contributed by atoms with E-state index >= 15 is 0 Å². The summed E-state index contributed by atoms with van der Waals surface area (Å²) in [6.45, 7) is 1.98. The van der Waals surface area contributed by atoms with Gasteiger partial charge in [0, 0.05) is 0 Å². The Balaban J connectivity index is 2.16. The minimum atomic E-state index is -2.31. The summed E-state index contributed by atoms with van der Waals surface area (Å²) in [5.41, 5.74) is 3.69. The van der Waals surface area contributed by atoms with Crippen LogP contribution < -0.4 is 4.40 Å². The fourth-order valence-electron chi connectivity index (χ4n) is 3.00. The van der Waals surface area contributed by atoms with Crippen molar-refractivity contribution in [3.05, 3.63) is 84.1 Å². The van der Waals surface area contributed by atoms with Crippen LogP contribution >= 0.6 is 0 Å². The zero-order valence-corrected chi connectivity index (χ0v) is 17.6. The van der Waals surface area contributed by atoms with Crippen LogP contribution in [0.2, 0.25) is 17.3 Å². The summed E-state index contributed by atoms with van der Waals surface area (Å²) in [6, 6.07) is 22.0. The summed E-state index contributed by atoms with van der Waals surface area (Å²) >= 11 is -2.31. The van der Waals surface area contributed by atoms with Crippen molar-refractivity contribution < 1.29 is 2.74 Å². The van der Waals surface area contributed by atoms with Crippen LogP contribution in [0, 0.1) is 0 Å². The van der Waals surface area contributed by atoms with Crippen molar-refractivity contribution in [2.45, 2.75) is 36.5 Å². The van der Waals surface area contributed by atoms with Gasteiger partial charge in [-0.25, -0.2) is 0 Å². The first kappa shape index (κ1) is 15.4. The van der Waals surface area contributed by atoms with E-state index < -0.39 is 19.6 Å². The molecule has 1 heterocycles. The molecule has 0 spiro atoms. The van der Waals surface area contributed by atoms with Crippen LogP contribution in [0.4, 0.5) is 0 Å². The Morgan fingerprint density at radius 1 is 0.960 bits per heavy atom. The molecular formula is C23H27GeN. The van der Waals surface area contributed by atoms with E-state index in [1.54, 1.807) is 0 Å². The van der Waals surface area contributed by atoms with E-state index in [0.29, 0.717) is 0 Å². The van der Waals surface area contributed by atoms with Gasteiger partial charge >= 0.3 is 157 Å². The van der Waals surface area contributed by atoms with Crippen LogP contribution in [-0.2, 0) is 6.37 Å². The molecule has 0 bridgehead atoms. The number of aromatic nitrogens is 1. The molecule has 1 aromatic heterocycles. The predicted molar refractivity (Wildman–Crippen MR) is 111 cm³/mol. The fraction of sp³-hybridized carbons (Fsp3) is 0.261. The Kier molecular flexibility index (Phi) is 4.66. The number of hydrogen-bond acceptors (Lipinski definition) is 1. The van der Waals surface area contributed by atoms with E-state index in [9.17, 15) is 0 Å². The van der Waals surface area contributed by atoms with E-state index in [1.807, 2.05) is 79.9 Å². The van der Waals surface area contributed by atoms with Crippen molar-refractivity contribution in [1.82, 2.24) is 4.98 Å². The Morgan fingerprint density at radius 3 is 2.16 bits per heavy atom. The summed E-state index contributed by atoms with van der Waals surface area (Å²) in [7, 11) is 0. The van der Waals surface area contributed by atoms with Crippen molar-refractivity contribution in [2.75, 3.05) is 0 Å². The van der Waals surface area contributed by atoms with Gasteiger partial charge in [0.2, 0.25) is 0 Å². The van der Waals surface area contributed by atoms with Crippen molar-refractivity contribution >= 4 is 17.7 Å². The second-order valence-electron chi connectivity index (χ2n) is 7.51. The molecule has 0 N–H and O–H groups in total. The van der Waals surface area contributed by atoms with E-state index in [0.717, 1.165) is 26.8 Å².